The van der Waals surface area contributed by atoms with Crippen LogP contribution in [0.4, 0.5) is 17.3 Å². The third-order valence-electron chi connectivity index (χ3n) is 3.06. The maximum atomic E-state index is 4.31. The molecule has 20 heavy (non-hydrogen) atoms. The van der Waals surface area contributed by atoms with Crippen LogP contribution in [-0.2, 0) is 0 Å². The Hall–Kier alpha value is -2.69. The molecule has 3 rings (SSSR count). The first-order valence-corrected chi connectivity index (χ1v) is 6.38. The van der Waals surface area contributed by atoms with E-state index in [4.69, 9.17) is 0 Å². The molecule has 0 saturated heterocycles. The highest BCUT2D eigenvalue weighted by atomic mass is 15.0. The molecule has 5 heteroatoms. The molecule has 2 aromatic heterocycles. The van der Waals surface area contributed by atoms with Crippen molar-refractivity contribution in [3.8, 4) is 0 Å². The van der Waals surface area contributed by atoms with Crippen LogP contribution in [0.25, 0.3) is 10.9 Å². The van der Waals surface area contributed by atoms with E-state index in [1.807, 2.05) is 25.2 Å². The highest BCUT2D eigenvalue weighted by Crippen LogP contribution is 2.23. The lowest BCUT2D eigenvalue weighted by Gasteiger charge is -2.09. The number of aryl methyl sites for hydroxylation is 1. The average molecular weight is 265 g/mol. The van der Waals surface area contributed by atoms with Crippen molar-refractivity contribution in [1.82, 2.24) is 15.0 Å². The number of hydrogen-bond donors (Lipinski definition) is 2. The highest BCUT2D eigenvalue weighted by molar-refractivity contribution is 5.91. The maximum Gasteiger partial charge on any atom is 0.143 e. The molecule has 5 nitrogen and oxygen atoms in total. The zero-order valence-electron chi connectivity index (χ0n) is 11.4. The first-order chi connectivity index (χ1) is 9.76. The van der Waals surface area contributed by atoms with Gasteiger partial charge in [-0.3, -0.25) is 0 Å². The number of benzene rings is 1. The molecular formula is C15H15N5. The second-order valence-electron chi connectivity index (χ2n) is 4.55. The number of nitrogens with zero attached hydrogens (tertiary/aromatic N) is 3. The van der Waals surface area contributed by atoms with Crippen LogP contribution in [0.2, 0.25) is 0 Å². The molecule has 0 spiro atoms. The Morgan fingerprint density at radius 3 is 2.75 bits per heavy atom. The van der Waals surface area contributed by atoms with Gasteiger partial charge in [-0.05, 0) is 24.6 Å². The van der Waals surface area contributed by atoms with Gasteiger partial charge in [0.05, 0.1) is 10.9 Å². The van der Waals surface area contributed by atoms with Crippen LogP contribution in [0.15, 0.2) is 42.9 Å². The van der Waals surface area contributed by atoms with E-state index in [1.165, 1.54) is 5.56 Å². The zero-order chi connectivity index (χ0) is 13.9. The molecule has 0 atom stereocenters. The van der Waals surface area contributed by atoms with Crippen LogP contribution in [0.3, 0.4) is 0 Å². The smallest absolute Gasteiger partial charge is 0.143 e. The van der Waals surface area contributed by atoms with Crippen molar-refractivity contribution in [1.29, 1.82) is 0 Å². The zero-order valence-corrected chi connectivity index (χ0v) is 11.4. The lowest BCUT2D eigenvalue weighted by Crippen LogP contribution is -1.98. The fraction of sp³-hybridized carbons (Fsp3) is 0.133. The summed E-state index contributed by atoms with van der Waals surface area (Å²) in [5.74, 6) is 1.55. The molecule has 0 fully saturated rings. The van der Waals surface area contributed by atoms with E-state index in [9.17, 15) is 0 Å². The van der Waals surface area contributed by atoms with Gasteiger partial charge in [0.25, 0.3) is 0 Å². The maximum absolute atomic E-state index is 4.31. The third kappa shape index (κ3) is 2.38. The van der Waals surface area contributed by atoms with Gasteiger partial charge in [-0.15, -0.1) is 0 Å². The summed E-state index contributed by atoms with van der Waals surface area (Å²) in [5, 5.41) is 7.21. The molecule has 0 aliphatic heterocycles. The fourth-order valence-electron chi connectivity index (χ4n) is 2.05. The molecule has 0 saturated carbocycles. The van der Waals surface area contributed by atoms with E-state index in [-0.39, 0.29) is 0 Å². The third-order valence-corrected chi connectivity index (χ3v) is 3.06. The monoisotopic (exact) mass is 265 g/mol. The van der Waals surface area contributed by atoms with Crippen molar-refractivity contribution in [2.24, 2.45) is 0 Å². The van der Waals surface area contributed by atoms with Crippen molar-refractivity contribution in [3.05, 3.63) is 48.4 Å². The standard InChI is InChI=1S/C15H15N5/c1-10-4-3-5-11(6-10)20-15-12-8-17-14(16-2)7-13(12)18-9-19-15/h3-9H,1-2H3,(H,16,17)(H,18,19,20). The Balaban J connectivity index is 2.03. The largest absolute Gasteiger partial charge is 0.373 e. The van der Waals surface area contributed by atoms with Gasteiger partial charge >= 0.3 is 0 Å². The van der Waals surface area contributed by atoms with Crippen LogP contribution >= 0.6 is 0 Å². The summed E-state index contributed by atoms with van der Waals surface area (Å²) >= 11 is 0. The molecule has 3 aromatic rings. The van der Waals surface area contributed by atoms with Gasteiger partial charge in [0.1, 0.15) is 18.0 Å². The van der Waals surface area contributed by atoms with E-state index in [2.05, 4.69) is 44.6 Å². The number of fused-ring (bicyclic) bond motifs is 1. The minimum absolute atomic E-state index is 0.760. The minimum Gasteiger partial charge on any atom is -0.373 e. The number of aromatic nitrogens is 3. The van der Waals surface area contributed by atoms with Crippen molar-refractivity contribution < 1.29 is 0 Å². The molecule has 100 valence electrons. The van der Waals surface area contributed by atoms with Gasteiger partial charge in [-0.2, -0.15) is 0 Å². The lowest BCUT2D eigenvalue weighted by molar-refractivity contribution is 1.20. The Morgan fingerprint density at radius 1 is 1.05 bits per heavy atom. The predicted molar refractivity (Wildman–Crippen MR) is 81.3 cm³/mol. The van der Waals surface area contributed by atoms with Crippen LogP contribution in [0.5, 0.6) is 0 Å². The minimum atomic E-state index is 0.760. The molecule has 0 aliphatic carbocycles. The molecule has 0 unspecified atom stereocenters. The Kier molecular flexibility index (Phi) is 3.16. The number of rotatable bonds is 3. The Bertz CT molecular complexity index is 754. The average Bonchev–Trinajstić information content (AvgIpc) is 2.47. The number of anilines is 3. The predicted octanol–water partition coefficient (Wildman–Crippen LogP) is 3.12. The number of pyridine rings is 1. The second kappa shape index (κ2) is 5.13. The van der Waals surface area contributed by atoms with E-state index in [0.29, 0.717) is 0 Å². The molecule has 2 N–H and O–H groups in total. The van der Waals surface area contributed by atoms with E-state index in [0.717, 1.165) is 28.2 Å². The van der Waals surface area contributed by atoms with Crippen LogP contribution in [0.1, 0.15) is 5.56 Å². The van der Waals surface area contributed by atoms with E-state index in [1.54, 1.807) is 12.5 Å². The first-order valence-electron chi connectivity index (χ1n) is 6.38. The summed E-state index contributed by atoms with van der Waals surface area (Å²) in [5.41, 5.74) is 3.06. The number of hydrogen-bond acceptors (Lipinski definition) is 5. The molecule has 1 aromatic carbocycles. The van der Waals surface area contributed by atoms with Gasteiger partial charge in [0.2, 0.25) is 0 Å². The van der Waals surface area contributed by atoms with Gasteiger partial charge < -0.3 is 10.6 Å². The topological polar surface area (TPSA) is 62.7 Å². The molecule has 0 amide bonds. The van der Waals surface area contributed by atoms with E-state index >= 15 is 0 Å². The van der Waals surface area contributed by atoms with Crippen molar-refractivity contribution in [3.63, 3.8) is 0 Å². The first kappa shape index (κ1) is 12.3. The highest BCUT2D eigenvalue weighted by Gasteiger charge is 2.05. The summed E-state index contributed by atoms with van der Waals surface area (Å²) < 4.78 is 0. The summed E-state index contributed by atoms with van der Waals surface area (Å²) in [7, 11) is 1.83. The molecule has 0 bridgehead atoms. The van der Waals surface area contributed by atoms with Crippen LogP contribution in [0, 0.1) is 6.92 Å². The SMILES string of the molecule is CNc1cc2ncnc(Nc3cccc(C)c3)c2cn1. The summed E-state index contributed by atoms with van der Waals surface area (Å²) in [4.78, 5) is 12.9. The summed E-state index contributed by atoms with van der Waals surface area (Å²) in [6.45, 7) is 2.06. The van der Waals surface area contributed by atoms with Crippen LogP contribution in [-0.4, -0.2) is 22.0 Å². The van der Waals surface area contributed by atoms with E-state index < -0.39 is 0 Å². The van der Waals surface area contributed by atoms with Crippen molar-refractivity contribution in [2.75, 3.05) is 17.7 Å². The quantitative estimate of drug-likeness (QED) is 0.761. The molecule has 2 heterocycles. The summed E-state index contributed by atoms with van der Waals surface area (Å²) in [6.07, 6.45) is 3.33. The van der Waals surface area contributed by atoms with Gasteiger partial charge in [0.15, 0.2) is 0 Å². The number of nitrogens with one attached hydrogen (secondary N) is 2. The van der Waals surface area contributed by atoms with Crippen LogP contribution < -0.4 is 10.6 Å². The van der Waals surface area contributed by atoms with Gasteiger partial charge in [-0.25, -0.2) is 15.0 Å². The molecular weight excluding hydrogens is 250 g/mol. The van der Waals surface area contributed by atoms with Crippen molar-refractivity contribution >= 4 is 28.2 Å². The fourth-order valence-corrected chi connectivity index (χ4v) is 2.05. The lowest BCUT2D eigenvalue weighted by atomic mass is 10.2. The van der Waals surface area contributed by atoms with Crippen molar-refractivity contribution in [2.45, 2.75) is 6.92 Å². The Labute approximate surface area is 117 Å². The molecule has 0 radical (unpaired) electrons. The van der Waals surface area contributed by atoms with Gasteiger partial charge in [0, 0.05) is 25.0 Å². The van der Waals surface area contributed by atoms with Gasteiger partial charge in [-0.1, -0.05) is 12.1 Å². The second-order valence-corrected chi connectivity index (χ2v) is 4.55. The normalized spacial score (nSPS) is 10.5. The Morgan fingerprint density at radius 2 is 1.95 bits per heavy atom. The molecule has 0 aliphatic rings. The summed E-state index contributed by atoms with van der Waals surface area (Å²) in [6, 6.07) is 10.1.